The zero-order valence-electron chi connectivity index (χ0n) is 9.79. The molecule has 0 amide bonds. The van der Waals surface area contributed by atoms with E-state index in [1.165, 1.54) is 6.42 Å². The molecule has 86 valence electrons. The van der Waals surface area contributed by atoms with Gasteiger partial charge in [-0.2, -0.15) is 0 Å². The van der Waals surface area contributed by atoms with Crippen LogP contribution in [0.2, 0.25) is 0 Å². The first-order chi connectivity index (χ1) is 7.08. The third-order valence-corrected chi connectivity index (χ3v) is 2.93. The summed E-state index contributed by atoms with van der Waals surface area (Å²) in [5, 5.41) is 6.44. The van der Waals surface area contributed by atoms with Crippen molar-refractivity contribution in [3.05, 3.63) is 11.1 Å². The second-order valence-corrected chi connectivity index (χ2v) is 5.29. The molecule has 0 aromatic carbocycles. The van der Waals surface area contributed by atoms with Crippen molar-refractivity contribution >= 4 is 16.5 Å². The van der Waals surface area contributed by atoms with Crippen LogP contribution in [0, 0.1) is 5.92 Å². The second kappa shape index (κ2) is 6.08. The Hall–Kier alpha value is -0.610. The van der Waals surface area contributed by atoms with E-state index in [2.05, 4.69) is 29.5 Å². The first-order valence-electron chi connectivity index (χ1n) is 5.51. The molecule has 0 saturated heterocycles. The molecule has 1 rings (SSSR count). The molecule has 4 heteroatoms. The minimum Gasteiger partial charge on any atom is -0.362 e. The van der Waals surface area contributed by atoms with Gasteiger partial charge in [-0.05, 0) is 19.3 Å². The highest BCUT2D eigenvalue weighted by atomic mass is 32.1. The maximum atomic E-state index is 5.72. The van der Waals surface area contributed by atoms with Crippen molar-refractivity contribution in [2.45, 2.75) is 39.7 Å². The summed E-state index contributed by atoms with van der Waals surface area (Å²) in [4.78, 5) is 4.47. The van der Waals surface area contributed by atoms with E-state index >= 15 is 0 Å². The molecule has 0 bridgehead atoms. The van der Waals surface area contributed by atoms with E-state index in [4.69, 9.17) is 5.73 Å². The minimum atomic E-state index is 0.190. The lowest BCUT2D eigenvalue weighted by atomic mass is 10.1. The van der Waals surface area contributed by atoms with E-state index < -0.39 is 0 Å². The fourth-order valence-corrected chi connectivity index (χ4v) is 2.03. The molecule has 0 spiro atoms. The van der Waals surface area contributed by atoms with Crippen molar-refractivity contribution in [2.24, 2.45) is 11.7 Å². The summed E-state index contributed by atoms with van der Waals surface area (Å²) in [5.74, 6) is 0.737. The van der Waals surface area contributed by atoms with E-state index in [1.54, 1.807) is 11.3 Å². The number of nitrogens with one attached hydrogen (secondary N) is 1. The van der Waals surface area contributed by atoms with Gasteiger partial charge in [-0.3, -0.25) is 0 Å². The minimum absolute atomic E-state index is 0.190. The number of rotatable bonds is 6. The zero-order chi connectivity index (χ0) is 11.3. The fourth-order valence-electron chi connectivity index (χ4n) is 1.28. The Morgan fingerprint density at radius 3 is 2.80 bits per heavy atom. The quantitative estimate of drug-likeness (QED) is 0.785. The first-order valence-corrected chi connectivity index (χ1v) is 6.39. The largest absolute Gasteiger partial charge is 0.362 e. The van der Waals surface area contributed by atoms with Crippen LogP contribution in [0.4, 0.5) is 5.13 Å². The smallest absolute Gasteiger partial charge is 0.182 e. The topological polar surface area (TPSA) is 50.9 Å². The van der Waals surface area contributed by atoms with E-state index in [1.807, 2.05) is 6.92 Å². The Kier molecular flexibility index (Phi) is 5.05. The lowest BCUT2D eigenvalue weighted by Crippen LogP contribution is -2.17. The summed E-state index contributed by atoms with van der Waals surface area (Å²) < 4.78 is 0. The van der Waals surface area contributed by atoms with Crippen LogP contribution >= 0.6 is 11.3 Å². The molecule has 0 fully saturated rings. The lowest BCUT2D eigenvalue weighted by molar-refractivity contribution is 0.607. The predicted molar refractivity (Wildman–Crippen MR) is 67.4 cm³/mol. The number of thiazole rings is 1. The Morgan fingerprint density at radius 1 is 1.47 bits per heavy atom. The van der Waals surface area contributed by atoms with Gasteiger partial charge in [0.15, 0.2) is 5.13 Å². The lowest BCUT2D eigenvalue weighted by Gasteiger charge is -2.04. The number of anilines is 1. The van der Waals surface area contributed by atoms with Crippen LogP contribution < -0.4 is 11.1 Å². The molecular weight excluding hydrogens is 206 g/mol. The van der Waals surface area contributed by atoms with Gasteiger partial charge in [-0.25, -0.2) is 4.98 Å². The standard InChI is InChI=1S/C11H21N3S/c1-8(2)4-5-13-11-14-10(7-15-11)6-9(3)12/h7-9H,4-6,12H2,1-3H3,(H,13,14). The van der Waals surface area contributed by atoms with Crippen LogP contribution in [0.3, 0.4) is 0 Å². The first kappa shape index (κ1) is 12.5. The van der Waals surface area contributed by atoms with Gasteiger partial charge in [0.05, 0.1) is 5.69 Å². The maximum Gasteiger partial charge on any atom is 0.182 e. The molecule has 1 atom stereocenters. The highest BCUT2D eigenvalue weighted by Gasteiger charge is 2.03. The molecule has 15 heavy (non-hydrogen) atoms. The second-order valence-electron chi connectivity index (χ2n) is 4.43. The SMILES string of the molecule is CC(C)CCNc1nc(CC(C)N)cs1. The Balaban J connectivity index is 2.33. The van der Waals surface area contributed by atoms with Crippen LogP contribution in [0.25, 0.3) is 0 Å². The number of hydrogen-bond acceptors (Lipinski definition) is 4. The Morgan fingerprint density at radius 2 is 2.20 bits per heavy atom. The summed E-state index contributed by atoms with van der Waals surface area (Å²) in [5.41, 5.74) is 6.82. The van der Waals surface area contributed by atoms with Crippen molar-refractivity contribution in [3.63, 3.8) is 0 Å². The Bertz CT molecular complexity index is 281. The summed E-state index contributed by atoms with van der Waals surface area (Å²) in [6.07, 6.45) is 2.05. The van der Waals surface area contributed by atoms with E-state index in [0.29, 0.717) is 0 Å². The normalized spacial score (nSPS) is 13.1. The van der Waals surface area contributed by atoms with Crippen LogP contribution in [0.5, 0.6) is 0 Å². The molecule has 0 aliphatic rings. The molecule has 1 aromatic rings. The van der Waals surface area contributed by atoms with Crippen molar-refractivity contribution in [1.29, 1.82) is 0 Å². The maximum absolute atomic E-state index is 5.72. The average molecular weight is 227 g/mol. The number of nitrogens with zero attached hydrogens (tertiary/aromatic N) is 1. The van der Waals surface area contributed by atoms with Crippen LogP contribution in [0.15, 0.2) is 5.38 Å². The van der Waals surface area contributed by atoms with E-state index in [0.717, 1.165) is 29.7 Å². The predicted octanol–water partition coefficient (Wildman–Crippen LogP) is 2.49. The highest BCUT2D eigenvalue weighted by molar-refractivity contribution is 7.13. The van der Waals surface area contributed by atoms with Gasteiger partial charge in [0, 0.05) is 24.4 Å². The van der Waals surface area contributed by atoms with E-state index in [-0.39, 0.29) is 6.04 Å². The number of aromatic nitrogens is 1. The summed E-state index contributed by atoms with van der Waals surface area (Å²) in [6, 6.07) is 0.190. The Labute approximate surface area is 96.1 Å². The van der Waals surface area contributed by atoms with Gasteiger partial charge >= 0.3 is 0 Å². The molecule has 1 heterocycles. The fraction of sp³-hybridized carbons (Fsp3) is 0.727. The van der Waals surface area contributed by atoms with Gasteiger partial charge in [-0.1, -0.05) is 13.8 Å². The van der Waals surface area contributed by atoms with Gasteiger partial charge in [-0.15, -0.1) is 11.3 Å². The highest BCUT2D eigenvalue weighted by Crippen LogP contribution is 2.16. The van der Waals surface area contributed by atoms with Crippen LogP contribution in [0.1, 0.15) is 32.9 Å². The van der Waals surface area contributed by atoms with Crippen molar-refractivity contribution in [1.82, 2.24) is 4.98 Å². The third kappa shape index (κ3) is 5.14. The number of nitrogens with two attached hydrogens (primary N) is 1. The molecule has 3 nitrogen and oxygen atoms in total. The molecule has 0 saturated carbocycles. The monoisotopic (exact) mass is 227 g/mol. The summed E-state index contributed by atoms with van der Waals surface area (Å²) >= 11 is 1.67. The van der Waals surface area contributed by atoms with Gasteiger partial charge < -0.3 is 11.1 Å². The zero-order valence-corrected chi connectivity index (χ0v) is 10.6. The summed E-state index contributed by atoms with van der Waals surface area (Å²) in [7, 11) is 0. The van der Waals surface area contributed by atoms with Gasteiger partial charge in [0.25, 0.3) is 0 Å². The van der Waals surface area contributed by atoms with Crippen LogP contribution in [-0.4, -0.2) is 17.6 Å². The van der Waals surface area contributed by atoms with Crippen molar-refractivity contribution in [3.8, 4) is 0 Å². The van der Waals surface area contributed by atoms with Crippen molar-refractivity contribution in [2.75, 3.05) is 11.9 Å². The molecule has 3 N–H and O–H groups in total. The van der Waals surface area contributed by atoms with Gasteiger partial charge in [0.2, 0.25) is 0 Å². The molecule has 1 unspecified atom stereocenters. The molecule has 0 aliphatic heterocycles. The molecular formula is C11H21N3S. The molecule has 0 radical (unpaired) electrons. The summed E-state index contributed by atoms with van der Waals surface area (Å²) in [6.45, 7) is 7.46. The average Bonchev–Trinajstić information content (AvgIpc) is 2.50. The molecule has 1 aromatic heterocycles. The van der Waals surface area contributed by atoms with Gasteiger partial charge in [0.1, 0.15) is 0 Å². The van der Waals surface area contributed by atoms with Crippen molar-refractivity contribution < 1.29 is 0 Å². The van der Waals surface area contributed by atoms with Crippen LogP contribution in [-0.2, 0) is 6.42 Å². The molecule has 0 aliphatic carbocycles. The number of hydrogen-bond donors (Lipinski definition) is 2. The van der Waals surface area contributed by atoms with E-state index in [9.17, 15) is 0 Å². The third-order valence-electron chi connectivity index (χ3n) is 2.08.